The van der Waals surface area contributed by atoms with E-state index in [4.69, 9.17) is 0 Å². The third-order valence-electron chi connectivity index (χ3n) is 5.49. The van der Waals surface area contributed by atoms with E-state index in [1.807, 2.05) is 0 Å². The molecule has 110 valence electrons. The second-order valence-corrected chi connectivity index (χ2v) is 7.92. The van der Waals surface area contributed by atoms with Crippen LogP contribution in [0, 0.1) is 19.3 Å². The molecule has 2 heteroatoms. The predicted molar refractivity (Wildman–Crippen MR) is 90.4 cm³/mol. The maximum absolute atomic E-state index is 3.80. The van der Waals surface area contributed by atoms with Crippen LogP contribution >= 0.6 is 15.9 Å². The quantitative estimate of drug-likeness (QED) is 0.700. The molecule has 1 nitrogen and oxygen atoms in total. The summed E-state index contributed by atoms with van der Waals surface area (Å²) in [5, 5.41) is 3.80. The van der Waals surface area contributed by atoms with Gasteiger partial charge in [0, 0.05) is 10.5 Å². The molecular weight excluding hydrogens is 310 g/mol. The minimum absolute atomic E-state index is 0.666. The monoisotopic (exact) mass is 335 g/mol. The van der Waals surface area contributed by atoms with Crippen LogP contribution in [0.1, 0.15) is 62.5 Å². The molecule has 0 atom stereocenters. The van der Waals surface area contributed by atoms with E-state index in [0.717, 1.165) is 5.41 Å². The Kier molecular flexibility index (Phi) is 4.12. The number of nitrogens with one attached hydrogen (secondary N) is 1. The summed E-state index contributed by atoms with van der Waals surface area (Å²) in [6.45, 7) is 4.37. The minimum atomic E-state index is 0.666. The third-order valence-corrected chi connectivity index (χ3v) is 6.12. The lowest BCUT2D eigenvalue weighted by molar-refractivity contribution is 0.188. The Hall–Kier alpha value is -0.500. The van der Waals surface area contributed by atoms with E-state index in [2.05, 4.69) is 47.2 Å². The Morgan fingerprint density at radius 2 is 1.70 bits per heavy atom. The summed E-state index contributed by atoms with van der Waals surface area (Å²) >= 11 is 3.72. The summed E-state index contributed by atoms with van der Waals surface area (Å²) in [6.07, 6.45) is 11.5. The fraction of sp³-hybridized carbons (Fsp3) is 0.667. The van der Waals surface area contributed by atoms with Crippen molar-refractivity contribution in [1.82, 2.24) is 0 Å². The van der Waals surface area contributed by atoms with Gasteiger partial charge in [-0.3, -0.25) is 0 Å². The second kappa shape index (κ2) is 5.71. The van der Waals surface area contributed by atoms with Crippen LogP contribution in [0.2, 0.25) is 0 Å². The van der Waals surface area contributed by atoms with E-state index < -0.39 is 0 Å². The Morgan fingerprint density at radius 3 is 2.30 bits per heavy atom. The second-order valence-electron chi connectivity index (χ2n) is 7.06. The lowest BCUT2D eigenvalue weighted by Crippen LogP contribution is -2.32. The number of hydrogen-bond acceptors (Lipinski definition) is 1. The summed E-state index contributed by atoms with van der Waals surface area (Å²) in [5.74, 6) is 0. The van der Waals surface area contributed by atoms with Crippen LogP contribution in [-0.2, 0) is 0 Å². The van der Waals surface area contributed by atoms with Crippen LogP contribution < -0.4 is 5.32 Å². The molecule has 3 rings (SSSR count). The van der Waals surface area contributed by atoms with Gasteiger partial charge in [0.25, 0.3) is 0 Å². The number of aryl methyl sites for hydroxylation is 2. The smallest absolute Gasteiger partial charge is 0.0516 e. The van der Waals surface area contributed by atoms with Crippen LogP contribution in [0.25, 0.3) is 0 Å². The first-order valence-electron chi connectivity index (χ1n) is 8.11. The molecule has 0 bridgehead atoms. The molecule has 1 spiro atoms. The van der Waals surface area contributed by atoms with Crippen molar-refractivity contribution in [3.63, 3.8) is 0 Å². The molecule has 0 unspecified atom stereocenters. The van der Waals surface area contributed by atoms with E-state index in [1.54, 1.807) is 0 Å². The predicted octanol–water partition coefficient (Wildman–Crippen LogP) is 5.98. The molecule has 0 radical (unpaired) electrons. The SMILES string of the molecule is Cc1cc(C)c(NC2CCC3(CCCC3)CC2)c(Br)c1. The van der Waals surface area contributed by atoms with Gasteiger partial charge in [-0.05, 0) is 90.9 Å². The zero-order valence-electron chi connectivity index (χ0n) is 12.8. The lowest BCUT2D eigenvalue weighted by Gasteiger charge is -2.38. The number of hydrogen-bond donors (Lipinski definition) is 1. The first-order chi connectivity index (χ1) is 9.58. The van der Waals surface area contributed by atoms with Crippen LogP contribution in [0.3, 0.4) is 0 Å². The first kappa shape index (κ1) is 14.4. The molecule has 0 aromatic heterocycles. The summed E-state index contributed by atoms with van der Waals surface area (Å²) in [5.41, 5.74) is 4.73. The molecule has 1 aromatic carbocycles. The highest BCUT2D eigenvalue weighted by Gasteiger charge is 2.37. The van der Waals surface area contributed by atoms with Gasteiger partial charge in [-0.1, -0.05) is 18.9 Å². The Morgan fingerprint density at radius 1 is 1.05 bits per heavy atom. The van der Waals surface area contributed by atoms with Gasteiger partial charge in [-0.25, -0.2) is 0 Å². The van der Waals surface area contributed by atoms with Crippen molar-refractivity contribution in [2.45, 2.75) is 71.3 Å². The van der Waals surface area contributed by atoms with Gasteiger partial charge >= 0.3 is 0 Å². The number of anilines is 1. The van der Waals surface area contributed by atoms with Gasteiger partial charge in [-0.15, -0.1) is 0 Å². The molecule has 0 heterocycles. The molecule has 1 aromatic rings. The largest absolute Gasteiger partial charge is 0.381 e. The molecular formula is C18H26BrN. The van der Waals surface area contributed by atoms with Crippen molar-refractivity contribution >= 4 is 21.6 Å². The molecule has 2 aliphatic carbocycles. The van der Waals surface area contributed by atoms with E-state index in [-0.39, 0.29) is 0 Å². The number of rotatable bonds is 2. The van der Waals surface area contributed by atoms with Gasteiger partial charge in [0.1, 0.15) is 0 Å². The van der Waals surface area contributed by atoms with Crippen molar-refractivity contribution in [2.24, 2.45) is 5.41 Å². The highest BCUT2D eigenvalue weighted by Crippen LogP contribution is 2.49. The topological polar surface area (TPSA) is 12.0 Å². The zero-order valence-corrected chi connectivity index (χ0v) is 14.4. The summed E-state index contributed by atoms with van der Waals surface area (Å²) in [6, 6.07) is 5.16. The van der Waals surface area contributed by atoms with Crippen molar-refractivity contribution in [2.75, 3.05) is 5.32 Å². The average molecular weight is 336 g/mol. The highest BCUT2D eigenvalue weighted by atomic mass is 79.9. The Labute approximate surface area is 131 Å². The molecule has 0 amide bonds. The average Bonchev–Trinajstić information content (AvgIpc) is 2.85. The van der Waals surface area contributed by atoms with Gasteiger partial charge in [0.15, 0.2) is 0 Å². The number of benzene rings is 1. The maximum Gasteiger partial charge on any atom is 0.0516 e. The van der Waals surface area contributed by atoms with Gasteiger partial charge in [0.05, 0.1) is 5.69 Å². The summed E-state index contributed by atoms with van der Waals surface area (Å²) in [7, 11) is 0. The van der Waals surface area contributed by atoms with Crippen LogP contribution in [0.4, 0.5) is 5.69 Å². The van der Waals surface area contributed by atoms with Gasteiger partial charge in [-0.2, -0.15) is 0 Å². The summed E-state index contributed by atoms with van der Waals surface area (Å²) in [4.78, 5) is 0. The molecule has 0 saturated heterocycles. The third kappa shape index (κ3) is 2.90. The van der Waals surface area contributed by atoms with E-state index in [0.29, 0.717) is 6.04 Å². The molecule has 0 aliphatic heterocycles. The van der Waals surface area contributed by atoms with E-state index in [1.165, 1.54) is 72.7 Å². The number of halogens is 1. The van der Waals surface area contributed by atoms with Crippen molar-refractivity contribution < 1.29 is 0 Å². The maximum atomic E-state index is 3.80. The molecule has 20 heavy (non-hydrogen) atoms. The fourth-order valence-electron chi connectivity index (χ4n) is 4.30. The van der Waals surface area contributed by atoms with E-state index >= 15 is 0 Å². The van der Waals surface area contributed by atoms with Crippen LogP contribution in [0.15, 0.2) is 16.6 Å². The minimum Gasteiger partial charge on any atom is -0.381 e. The van der Waals surface area contributed by atoms with Gasteiger partial charge < -0.3 is 5.32 Å². The highest BCUT2D eigenvalue weighted by molar-refractivity contribution is 9.10. The van der Waals surface area contributed by atoms with E-state index in [9.17, 15) is 0 Å². The Balaban J connectivity index is 1.65. The molecule has 2 fully saturated rings. The van der Waals surface area contributed by atoms with Gasteiger partial charge in [0.2, 0.25) is 0 Å². The van der Waals surface area contributed by atoms with Crippen LogP contribution in [-0.4, -0.2) is 6.04 Å². The van der Waals surface area contributed by atoms with Crippen molar-refractivity contribution in [1.29, 1.82) is 0 Å². The van der Waals surface area contributed by atoms with Crippen molar-refractivity contribution in [3.05, 3.63) is 27.7 Å². The molecule has 1 N–H and O–H groups in total. The van der Waals surface area contributed by atoms with Crippen molar-refractivity contribution in [3.8, 4) is 0 Å². The molecule has 2 aliphatic rings. The first-order valence-corrected chi connectivity index (χ1v) is 8.91. The lowest BCUT2D eigenvalue weighted by atomic mass is 9.71. The standard InChI is InChI=1S/C18H26BrN/c1-13-11-14(2)17(16(19)12-13)20-15-5-9-18(10-6-15)7-3-4-8-18/h11-12,15,20H,3-10H2,1-2H3. The Bertz CT molecular complexity index is 455. The molecule has 2 saturated carbocycles. The fourth-order valence-corrected chi connectivity index (χ4v) is 5.09. The zero-order chi connectivity index (χ0) is 14.2. The normalized spacial score (nSPS) is 22.4. The summed E-state index contributed by atoms with van der Waals surface area (Å²) < 4.78 is 1.22. The van der Waals surface area contributed by atoms with Crippen LogP contribution in [0.5, 0.6) is 0 Å².